The maximum Gasteiger partial charge on any atom is 0.251 e. The quantitative estimate of drug-likeness (QED) is 0.818. The molecule has 0 aromatic carbocycles. The summed E-state index contributed by atoms with van der Waals surface area (Å²) in [5, 5.41) is 0. The minimum absolute atomic E-state index is 0.0589. The number of amides is 1. The van der Waals surface area contributed by atoms with E-state index in [0.717, 1.165) is 44.8 Å². The molecule has 0 bridgehead atoms. The zero-order chi connectivity index (χ0) is 18.1. The van der Waals surface area contributed by atoms with E-state index in [1.165, 1.54) is 0 Å². The van der Waals surface area contributed by atoms with Crippen molar-refractivity contribution in [2.45, 2.75) is 44.2 Å². The van der Waals surface area contributed by atoms with Crippen molar-refractivity contribution < 1.29 is 18.3 Å². The fourth-order valence-electron chi connectivity index (χ4n) is 4.26. The molecule has 0 aliphatic carbocycles. The van der Waals surface area contributed by atoms with Crippen molar-refractivity contribution in [2.24, 2.45) is 5.92 Å². The summed E-state index contributed by atoms with van der Waals surface area (Å²) in [6, 6.07) is -0.368. The van der Waals surface area contributed by atoms with Crippen molar-refractivity contribution in [2.75, 3.05) is 39.4 Å². The van der Waals surface area contributed by atoms with Crippen LogP contribution in [0.15, 0.2) is 12.5 Å². The number of aromatic nitrogens is 2. The van der Waals surface area contributed by atoms with Gasteiger partial charge in [0.05, 0.1) is 12.0 Å². The van der Waals surface area contributed by atoms with Crippen molar-refractivity contribution in [3.05, 3.63) is 18.2 Å². The van der Waals surface area contributed by atoms with Gasteiger partial charge in [-0.3, -0.25) is 9.69 Å². The largest absolute Gasteiger partial charge is 0.381 e. The number of piperidine rings is 1. The highest BCUT2D eigenvalue weighted by Crippen LogP contribution is 2.31. The molecular weight excluding hydrogens is 342 g/mol. The fraction of sp³-hybridized carbons (Fsp3) is 0.778. The van der Waals surface area contributed by atoms with E-state index in [2.05, 4.69) is 9.88 Å². The Bertz CT molecular complexity index is 635. The van der Waals surface area contributed by atoms with Crippen LogP contribution in [-0.4, -0.2) is 70.6 Å². The minimum atomic E-state index is -2.64. The molecule has 4 rings (SSSR count). The molecule has 0 N–H and O–H groups in total. The third kappa shape index (κ3) is 3.76. The van der Waals surface area contributed by atoms with Gasteiger partial charge in [0.15, 0.2) is 0 Å². The lowest BCUT2D eigenvalue weighted by atomic mass is 9.98. The van der Waals surface area contributed by atoms with Crippen LogP contribution in [-0.2, 0) is 16.1 Å². The second-order valence-electron chi connectivity index (χ2n) is 7.74. The van der Waals surface area contributed by atoms with E-state index in [4.69, 9.17) is 4.74 Å². The molecule has 8 heteroatoms. The maximum absolute atomic E-state index is 13.4. The Morgan fingerprint density at radius 2 is 2.00 bits per heavy atom. The number of likely N-dealkylation sites (tertiary alicyclic amines) is 1. The van der Waals surface area contributed by atoms with Crippen LogP contribution in [0, 0.1) is 5.92 Å². The van der Waals surface area contributed by atoms with Crippen molar-refractivity contribution in [3.63, 3.8) is 0 Å². The Labute approximate surface area is 152 Å². The smallest absolute Gasteiger partial charge is 0.251 e. The highest BCUT2D eigenvalue weighted by molar-refractivity contribution is 5.81. The van der Waals surface area contributed by atoms with Crippen molar-refractivity contribution in [1.29, 1.82) is 0 Å². The molecule has 2 fully saturated rings. The first-order valence-corrected chi connectivity index (χ1v) is 9.49. The summed E-state index contributed by atoms with van der Waals surface area (Å²) in [7, 11) is 0. The lowest BCUT2D eigenvalue weighted by molar-refractivity contribution is -0.142. The number of carbonyl (C=O) groups excluding carboxylic acids is 1. The molecule has 1 atom stereocenters. The van der Waals surface area contributed by atoms with Gasteiger partial charge in [-0.1, -0.05) is 0 Å². The first-order chi connectivity index (χ1) is 12.5. The third-order valence-corrected chi connectivity index (χ3v) is 5.85. The number of fused-ring (bicyclic) bond motifs is 1. The van der Waals surface area contributed by atoms with Gasteiger partial charge < -0.3 is 14.2 Å². The predicted octanol–water partition coefficient (Wildman–Crippen LogP) is 1.92. The average Bonchev–Trinajstić information content (AvgIpc) is 3.10. The van der Waals surface area contributed by atoms with Gasteiger partial charge in [0.1, 0.15) is 6.04 Å². The van der Waals surface area contributed by atoms with Gasteiger partial charge in [0, 0.05) is 65.0 Å². The SMILES string of the molecule is O=C([C@H]1CN(CC2CCOCC2)Cc2cncn21)N1CCC(F)(F)CC1. The van der Waals surface area contributed by atoms with E-state index >= 15 is 0 Å². The molecule has 3 aliphatic rings. The van der Waals surface area contributed by atoms with Crippen LogP contribution in [0.25, 0.3) is 0 Å². The Balaban J connectivity index is 1.45. The molecule has 2 saturated heterocycles. The van der Waals surface area contributed by atoms with Gasteiger partial charge in [-0.25, -0.2) is 13.8 Å². The van der Waals surface area contributed by atoms with E-state index in [9.17, 15) is 13.6 Å². The zero-order valence-electron chi connectivity index (χ0n) is 14.9. The average molecular weight is 368 g/mol. The molecule has 1 aromatic heterocycles. The number of nitrogens with zero attached hydrogens (tertiary/aromatic N) is 4. The van der Waals surface area contributed by atoms with Gasteiger partial charge in [-0.05, 0) is 18.8 Å². The molecule has 0 spiro atoms. The van der Waals surface area contributed by atoms with Gasteiger partial charge in [-0.15, -0.1) is 0 Å². The van der Waals surface area contributed by atoms with Crippen LogP contribution in [0.3, 0.4) is 0 Å². The molecule has 1 amide bonds. The number of hydrogen-bond acceptors (Lipinski definition) is 4. The van der Waals surface area contributed by atoms with Gasteiger partial charge in [-0.2, -0.15) is 0 Å². The molecule has 0 saturated carbocycles. The van der Waals surface area contributed by atoms with Crippen molar-refractivity contribution in [3.8, 4) is 0 Å². The Morgan fingerprint density at radius 3 is 2.73 bits per heavy atom. The second kappa shape index (κ2) is 7.23. The first-order valence-electron chi connectivity index (χ1n) is 9.49. The van der Waals surface area contributed by atoms with Gasteiger partial charge in [0.25, 0.3) is 5.92 Å². The lowest BCUT2D eigenvalue weighted by Crippen LogP contribution is -2.50. The highest BCUT2D eigenvalue weighted by atomic mass is 19.3. The third-order valence-electron chi connectivity index (χ3n) is 5.85. The van der Waals surface area contributed by atoms with Crippen LogP contribution in [0.2, 0.25) is 0 Å². The summed E-state index contributed by atoms with van der Waals surface area (Å²) in [6.45, 7) is 4.21. The Hall–Kier alpha value is -1.54. The number of imidazole rings is 1. The van der Waals surface area contributed by atoms with Crippen molar-refractivity contribution in [1.82, 2.24) is 19.4 Å². The molecule has 0 radical (unpaired) electrons. The summed E-state index contributed by atoms with van der Waals surface area (Å²) < 4.78 is 34.2. The maximum atomic E-state index is 13.4. The summed E-state index contributed by atoms with van der Waals surface area (Å²) in [5.41, 5.74) is 1.02. The van der Waals surface area contributed by atoms with Crippen LogP contribution >= 0.6 is 0 Å². The summed E-state index contributed by atoms with van der Waals surface area (Å²) in [4.78, 5) is 21.2. The van der Waals surface area contributed by atoms with Gasteiger partial charge >= 0.3 is 0 Å². The standard InChI is InChI=1S/C18H26F2N4O2/c19-18(20)3-5-23(6-4-18)17(25)16-12-22(10-14-1-7-26-8-2-14)11-15-9-21-13-24(15)16/h9,13-14,16H,1-8,10-12H2/t16-/m1/s1. The van der Waals surface area contributed by atoms with Crippen LogP contribution in [0.1, 0.15) is 37.4 Å². The second-order valence-corrected chi connectivity index (χ2v) is 7.74. The number of carbonyl (C=O) groups is 1. The molecular formula is C18H26F2N4O2. The Kier molecular flexibility index (Phi) is 4.96. The van der Waals surface area contributed by atoms with E-state index in [1.54, 1.807) is 17.4 Å². The van der Waals surface area contributed by atoms with E-state index in [1.807, 2.05) is 4.57 Å². The fourth-order valence-corrected chi connectivity index (χ4v) is 4.26. The molecule has 3 aliphatic heterocycles. The monoisotopic (exact) mass is 368 g/mol. The number of hydrogen-bond donors (Lipinski definition) is 0. The zero-order valence-corrected chi connectivity index (χ0v) is 14.9. The number of ether oxygens (including phenoxy) is 1. The van der Waals surface area contributed by atoms with E-state index < -0.39 is 5.92 Å². The van der Waals surface area contributed by atoms with E-state index in [0.29, 0.717) is 12.5 Å². The normalized spacial score (nSPS) is 27.3. The van der Waals surface area contributed by atoms with Crippen molar-refractivity contribution >= 4 is 5.91 Å². The highest BCUT2D eigenvalue weighted by Gasteiger charge is 2.39. The molecule has 144 valence electrons. The number of rotatable bonds is 3. The summed E-state index contributed by atoms with van der Waals surface area (Å²) >= 11 is 0. The summed E-state index contributed by atoms with van der Waals surface area (Å²) in [6.07, 6.45) is 5.12. The molecule has 0 unspecified atom stereocenters. The molecule has 1 aromatic rings. The minimum Gasteiger partial charge on any atom is -0.381 e. The van der Waals surface area contributed by atoms with Crippen LogP contribution < -0.4 is 0 Å². The topological polar surface area (TPSA) is 50.6 Å². The first kappa shape index (κ1) is 17.9. The molecule has 4 heterocycles. The van der Waals surface area contributed by atoms with E-state index in [-0.39, 0.29) is 37.9 Å². The lowest BCUT2D eigenvalue weighted by Gasteiger charge is -2.39. The molecule has 6 nitrogen and oxygen atoms in total. The Morgan fingerprint density at radius 1 is 1.27 bits per heavy atom. The number of alkyl halides is 2. The van der Waals surface area contributed by atoms with Crippen LogP contribution in [0.4, 0.5) is 8.78 Å². The predicted molar refractivity (Wildman–Crippen MR) is 90.8 cm³/mol. The van der Waals surface area contributed by atoms with Crippen LogP contribution in [0.5, 0.6) is 0 Å². The number of halogens is 2. The summed E-state index contributed by atoms with van der Waals surface area (Å²) in [5.74, 6) is -2.11. The van der Waals surface area contributed by atoms with Gasteiger partial charge in [0.2, 0.25) is 5.91 Å². The molecule has 26 heavy (non-hydrogen) atoms.